The second-order valence-electron chi connectivity index (χ2n) is 8.82. The maximum atomic E-state index is 13.5. The number of nitrogens with zero attached hydrogens (tertiary/aromatic N) is 3. The molecule has 0 bridgehead atoms. The zero-order valence-electron chi connectivity index (χ0n) is 19.2. The van der Waals surface area contributed by atoms with Gasteiger partial charge < -0.3 is 4.74 Å². The van der Waals surface area contributed by atoms with E-state index in [0.29, 0.717) is 23.3 Å². The van der Waals surface area contributed by atoms with Crippen LogP contribution in [-0.4, -0.2) is 15.9 Å². The highest BCUT2D eigenvalue weighted by molar-refractivity contribution is 9.10. The van der Waals surface area contributed by atoms with Crippen LogP contribution in [0.2, 0.25) is 0 Å². The second-order valence-corrected chi connectivity index (χ2v) is 9.73. The van der Waals surface area contributed by atoms with Crippen molar-refractivity contribution in [2.24, 2.45) is 5.10 Å². The van der Waals surface area contributed by atoms with Gasteiger partial charge in [-0.25, -0.2) is 9.37 Å². The Bertz CT molecular complexity index is 1430. The highest BCUT2D eigenvalue weighted by Gasteiger charge is 2.22. The maximum Gasteiger partial charge on any atom is 0.282 e. The third kappa shape index (κ3) is 5.51. The number of fused-ring (bicyclic) bond motifs is 1. The summed E-state index contributed by atoms with van der Waals surface area (Å²) < 4.78 is 21.3. The van der Waals surface area contributed by atoms with E-state index in [0.717, 1.165) is 47.1 Å². The third-order valence-electron chi connectivity index (χ3n) is 6.30. The van der Waals surface area contributed by atoms with Crippen molar-refractivity contribution in [1.29, 1.82) is 0 Å². The molecule has 35 heavy (non-hydrogen) atoms. The predicted molar refractivity (Wildman–Crippen MR) is 140 cm³/mol. The van der Waals surface area contributed by atoms with E-state index in [-0.39, 0.29) is 17.3 Å². The van der Waals surface area contributed by atoms with Crippen LogP contribution in [0.4, 0.5) is 4.39 Å². The fourth-order valence-corrected chi connectivity index (χ4v) is 4.82. The summed E-state index contributed by atoms with van der Waals surface area (Å²) in [6.45, 7) is 0.329. The van der Waals surface area contributed by atoms with E-state index in [2.05, 4.69) is 21.0 Å². The van der Waals surface area contributed by atoms with Crippen LogP contribution < -0.4 is 10.3 Å². The van der Waals surface area contributed by atoms with Gasteiger partial charge in [-0.2, -0.15) is 9.78 Å². The number of halogens is 2. The topological polar surface area (TPSA) is 56.5 Å². The molecule has 4 aromatic rings. The molecule has 1 aliphatic carbocycles. The molecule has 3 aromatic carbocycles. The highest BCUT2D eigenvalue weighted by atomic mass is 79.9. The SMILES string of the molecule is O=c1c2cc(Br)ccc2nc(C2CCCCC2)n1N=Cc1cccc(OCc2ccc(F)cc2)c1. The normalized spacial score (nSPS) is 14.6. The van der Waals surface area contributed by atoms with Crippen molar-refractivity contribution in [3.05, 3.63) is 104 Å². The minimum Gasteiger partial charge on any atom is -0.489 e. The fraction of sp³-hybridized carbons (Fsp3) is 0.250. The first-order valence-electron chi connectivity index (χ1n) is 11.8. The van der Waals surface area contributed by atoms with Gasteiger partial charge in [0.25, 0.3) is 5.56 Å². The van der Waals surface area contributed by atoms with Crippen molar-refractivity contribution < 1.29 is 9.13 Å². The van der Waals surface area contributed by atoms with Crippen molar-refractivity contribution in [3.63, 3.8) is 0 Å². The minimum atomic E-state index is -0.273. The lowest BCUT2D eigenvalue weighted by Crippen LogP contribution is -2.25. The van der Waals surface area contributed by atoms with Gasteiger partial charge in [0.2, 0.25) is 0 Å². The summed E-state index contributed by atoms with van der Waals surface area (Å²) in [6.07, 6.45) is 7.18. The number of ether oxygens (including phenoxy) is 1. The molecule has 0 atom stereocenters. The van der Waals surface area contributed by atoms with Crippen LogP contribution >= 0.6 is 15.9 Å². The third-order valence-corrected chi connectivity index (χ3v) is 6.80. The van der Waals surface area contributed by atoms with Gasteiger partial charge in [-0.15, -0.1) is 0 Å². The van der Waals surface area contributed by atoms with Crippen LogP contribution in [0.1, 0.15) is 55.0 Å². The Kier molecular flexibility index (Phi) is 7.04. The molecule has 0 amide bonds. The number of hydrogen-bond donors (Lipinski definition) is 0. The summed E-state index contributed by atoms with van der Waals surface area (Å²) in [5, 5.41) is 5.14. The zero-order valence-corrected chi connectivity index (χ0v) is 20.7. The summed E-state index contributed by atoms with van der Waals surface area (Å²) >= 11 is 3.46. The molecule has 5 nitrogen and oxygen atoms in total. The summed E-state index contributed by atoms with van der Waals surface area (Å²) in [6, 6.07) is 19.3. The lowest BCUT2D eigenvalue weighted by atomic mass is 9.88. The first kappa shape index (κ1) is 23.4. The lowest BCUT2D eigenvalue weighted by molar-refractivity contribution is 0.306. The van der Waals surface area contributed by atoms with Crippen molar-refractivity contribution in [2.75, 3.05) is 0 Å². The van der Waals surface area contributed by atoms with E-state index in [1.54, 1.807) is 24.4 Å². The van der Waals surface area contributed by atoms with Crippen LogP contribution in [0, 0.1) is 5.82 Å². The molecule has 1 aliphatic rings. The molecule has 0 radical (unpaired) electrons. The Morgan fingerprint density at radius 3 is 2.66 bits per heavy atom. The van der Waals surface area contributed by atoms with E-state index in [1.807, 2.05) is 36.4 Å². The van der Waals surface area contributed by atoms with E-state index in [1.165, 1.54) is 23.2 Å². The quantitative estimate of drug-likeness (QED) is 0.256. The second kappa shape index (κ2) is 10.5. The average molecular weight is 534 g/mol. The van der Waals surface area contributed by atoms with Crippen molar-refractivity contribution in [2.45, 2.75) is 44.6 Å². The average Bonchev–Trinajstić information content (AvgIpc) is 2.89. The number of rotatable bonds is 6. The van der Waals surface area contributed by atoms with E-state index in [4.69, 9.17) is 9.72 Å². The summed E-state index contributed by atoms with van der Waals surface area (Å²) in [7, 11) is 0. The number of aromatic nitrogens is 2. The van der Waals surface area contributed by atoms with Gasteiger partial charge in [0.1, 0.15) is 24.0 Å². The van der Waals surface area contributed by atoms with Crippen LogP contribution in [-0.2, 0) is 6.61 Å². The van der Waals surface area contributed by atoms with Gasteiger partial charge in [-0.05, 0) is 66.4 Å². The largest absolute Gasteiger partial charge is 0.489 e. The smallest absolute Gasteiger partial charge is 0.282 e. The molecule has 178 valence electrons. The molecular weight excluding hydrogens is 509 g/mol. The monoisotopic (exact) mass is 533 g/mol. The Morgan fingerprint density at radius 2 is 1.86 bits per heavy atom. The minimum absolute atomic E-state index is 0.170. The predicted octanol–water partition coefficient (Wildman–Crippen LogP) is 6.81. The van der Waals surface area contributed by atoms with Crippen molar-refractivity contribution >= 4 is 33.0 Å². The standard InChI is InChI=1S/C28H25BrFN3O2/c29-22-11-14-26-25(16-22)28(34)33(27(32-26)21-6-2-1-3-7-21)31-17-20-5-4-8-24(15-20)35-18-19-9-12-23(30)13-10-19/h4-5,8-17,21H,1-3,6-7,18H2. The Labute approximate surface area is 211 Å². The molecule has 1 heterocycles. The molecule has 0 saturated heterocycles. The maximum absolute atomic E-state index is 13.5. The lowest BCUT2D eigenvalue weighted by Gasteiger charge is -2.22. The first-order chi connectivity index (χ1) is 17.1. The van der Waals surface area contributed by atoms with Gasteiger partial charge in [-0.1, -0.05) is 59.5 Å². The number of benzene rings is 3. The van der Waals surface area contributed by atoms with E-state index < -0.39 is 0 Å². The van der Waals surface area contributed by atoms with Gasteiger partial charge in [-0.3, -0.25) is 4.79 Å². The first-order valence-corrected chi connectivity index (χ1v) is 12.6. The van der Waals surface area contributed by atoms with Gasteiger partial charge in [0.15, 0.2) is 0 Å². The van der Waals surface area contributed by atoms with Crippen molar-refractivity contribution in [1.82, 2.24) is 9.66 Å². The molecular formula is C28H25BrFN3O2. The molecule has 7 heteroatoms. The Balaban J connectivity index is 1.45. The molecule has 1 fully saturated rings. The van der Waals surface area contributed by atoms with Crippen LogP contribution in [0.15, 0.2) is 81.1 Å². The summed E-state index contributed by atoms with van der Waals surface area (Å²) in [5.74, 6) is 1.33. The van der Waals surface area contributed by atoms with Gasteiger partial charge in [0, 0.05) is 10.4 Å². The van der Waals surface area contributed by atoms with E-state index in [9.17, 15) is 9.18 Å². The highest BCUT2D eigenvalue weighted by Crippen LogP contribution is 2.32. The molecule has 0 aliphatic heterocycles. The summed E-state index contributed by atoms with van der Waals surface area (Å²) in [5.41, 5.74) is 2.21. The molecule has 1 saturated carbocycles. The van der Waals surface area contributed by atoms with Gasteiger partial charge in [0.05, 0.1) is 17.1 Å². The zero-order chi connectivity index (χ0) is 24.2. The van der Waals surface area contributed by atoms with Crippen molar-refractivity contribution in [3.8, 4) is 5.75 Å². The van der Waals surface area contributed by atoms with Crippen LogP contribution in [0.25, 0.3) is 10.9 Å². The van der Waals surface area contributed by atoms with Crippen LogP contribution in [0.5, 0.6) is 5.75 Å². The molecule has 5 rings (SSSR count). The number of hydrogen-bond acceptors (Lipinski definition) is 4. The Hall–Kier alpha value is -3.32. The molecule has 1 aromatic heterocycles. The fourth-order valence-electron chi connectivity index (χ4n) is 4.46. The van der Waals surface area contributed by atoms with E-state index >= 15 is 0 Å². The van der Waals surface area contributed by atoms with Gasteiger partial charge >= 0.3 is 0 Å². The molecule has 0 N–H and O–H groups in total. The molecule has 0 unspecified atom stereocenters. The summed E-state index contributed by atoms with van der Waals surface area (Å²) in [4.78, 5) is 18.3. The van der Waals surface area contributed by atoms with Crippen LogP contribution in [0.3, 0.4) is 0 Å². The molecule has 0 spiro atoms. The Morgan fingerprint density at radius 1 is 1.06 bits per heavy atom.